The minimum Gasteiger partial charge on any atom is -0.267 e. The molecule has 3 rings (SSSR count). The summed E-state index contributed by atoms with van der Waals surface area (Å²) in [7, 11) is 0. The number of benzene rings is 1. The van der Waals surface area contributed by atoms with Crippen molar-refractivity contribution < 1.29 is 4.79 Å². The molecule has 0 aliphatic heterocycles. The van der Waals surface area contributed by atoms with E-state index in [1.807, 2.05) is 24.4 Å². The molecule has 0 spiro atoms. The largest absolute Gasteiger partial charge is 0.272 e. The van der Waals surface area contributed by atoms with Crippen LogP contribution in [0.1, 0.15) is 36.0 Å². The minimum absolute atomic E-state index is 0.160. The first-order chi connectivity index (χ1) is 9.24. The van der Waals surface area contributed by atoms with Crippen molar-refractivity contribution in [2.24, 2.45) is 22.9 Å². The molecule has 2 bridgehead atoms. The van der Waals surface area contributed by atoms with E-state index in [0.717, 1.165) is 16.3 Å². The summed E-state index contributed by atoms with van der Waals surface area (Å²) in [6, 6.07) is 7.37. The van der Waals surface area contributed by atoms with Gasteiger partial charge in [0, 0.05) is 10.7 Å². The topological polar surface area (TPSA) is 41.5 Å². The van der Waals surface area contributed by atoms with Crippen molar-refractivity contribution in [2.45, 2.75) is 25.7 Å². The molecule has 2 aliphatic rings. The molecular weight excluding hydrogens is 304 g/mol. The number of hydrogen-bond acceptors (Lipinski definition) is 2. The molecule has 19 heavy (non-hydrogen) atoms. The molecular formula is C15H17BrN2O. The maximum absolute atomic E-state index is 11.9. The quantitative estimate of drug-likeness (QED) is 0.671. The molecule has 4 heteroatoms. The first kappa shape index (κ1) is 12.9. The Morgan fingerprint density at radius 1 is 1.32 bits per heavy atom. The van der Waals surface area contributed by atoms with E-state index in [4.69, 9.17) is 0 Å². The van der Waals surface area contributed by atoms with Gasteiger partial charge in [0.1, 0.15) is 0 Å². The number of nitrogens with one attached hydrogen (secondary N) is 1. The Morgan fingerprint density at radius 2 is 2.16 bits per heavy atom. The smallest absolute Gasteiger partial charge is 0.267 e. The highest BCUT2D eigenvalue weighted by Gasteiger charge is 2.38. The van der Waals surface area contributed by atoms with Crippen molar-refractivity contribution in [3.63, 3.8) is 0 Å². The highest BCUT2D eigenvalue weighted by molar-refractivity contribution is 9.10. The van der Waals surface area contributed by atoms with Crippen molar-refractivity contribution in [1.29, 1.82) is 0 Å². The maximum atomic E-state index is 11.9. The molecule has 0 radical (unpaired) electrons. The first-order valence-corrected chi connectivity index (χ1v) is 7.61. The fourth-order valence-electron chi connectivity index (χ4n) is 3.37. The van der Waals surface area contributed by atoms with Crippen LogP contribution in [0.25, 0.3) is 0 Å². The Morgan fingerprint density at radius 3 is 2.84 bits per heavy atom. The first-order valence-electron chi connectivity index (χ1n) is 6.82. The molecule has 0 saturated heterocycles. The van der Waals surface area contributed by atoms with Crippen LogP contribution in [-0.4, -0.2) is 12.1 Å². The van der Waals surface area contributed by atoms with E-state index in [2.05, 4.69) is 26.5 Å². The fourth-order valence-corrected chi connectivity index (χ4v) is 3.84. The normalized spacial score (nSPS) is 29.0. The second kappa shape index (κ2) is 5.45. The predicted molar refractivity (Wildman–Crippen MR) is 79.0 cm³/mol. The second-order valence-electron chi connectivity index (χ2n) is 5.54. The van der Waals surface area contributed by atoms with Crippen LogP contribution in [0.4, 0.5) is 0 Å². The third-order valence-corrected chi connectivity index (χ3v) is 5.03. The van der Waals surface area contributed by atoms with Gasteiger partial charge < -0.3 is 0 Å². The molecule has 2 saturated carbocycles. The van der Waals surface area contributed by atoms with Crippen molar-refractivity contribution in [1.82, 2.24) is 5.43 Å². The van der Waals surface area contributed by atoms with E-state index in [9.17, 15) is 4.79 Å². The van der Waals surface area contributed by atoms with Crippen LogP contribution in [0, 0.1) is 17.8 Å². The van der Waals surface area contributed by atoms with Crippen molar-refractivity contribution in [2.75, 3.05) is 0 Å². The van der Waals surface area contributed by atoms with E-state index in [0.29, 0.717) is 11.5 Å². The Bertz CT molecular complexity index is 515. The zero-order valence-corrected chi connectivity index (χ0v) is 12.3. The second-order valence-corrected chi connectivity index (χ2v) is 6.39. The van der Waals surface area contributed by atoms with Gasteiger partial charge in [-0.3, -0.25) is 4.79 Å². The summed E-state index contributed by atoms with van der Waals surface area (Å²) >= 11 is 3.37. The number of carbonyl (C=O) groups is 1. The monoisotopic (exact) mass is 320 g/mol. The van der Waals surface area contributed by atoms with Gasteiger partial charge in [0.2, 0.25) is 0 Å². The maximum Gasteiger partial charge on any atom is 0.272 e. The standard InChI is InChI=1S/C15H17BrN2O/c16-14-4-2-1-3-13(14)15(19)18-17-9-12-8-10-5-6-11(12)7-10/h1-4,9-12H,5-8H2,(H,18,19)/b17-9-/t10-,11-,12+/m0/s1. The molecule has 2 fully saturated rings. The van der Waals surface area contributed by atoms with Crippen molar-refractivity contribution in [3.05, 3.63) is 34.3 Å². The van der Waals surface area contributed by atoms with E-state index >= 15 is 0 Å². The lowest BCUT2D eigenvalue weighted by Gasteiger charge is -2.16. The van der Waals surface area contributed by atoms with E-state index in [1.165, 1.54) is 25.7 Å². The van der Waals surface area contributed by atoms with Gasteiger partial charge in [-0.2, -0.15) is 5.10 Å². The lowest BCUT2D eigenvalue weighted by molar-refractivity contribution is 0.0954. The SMILES string of the molecule is O=C(N/N=C\[C@H]1C[C@H]2CC[C@H]1C2)c1ccccc1Br. The Balaban J connectivity index is 1.58. The van der Waals surface area contributed by atoms with Gasteiger partial charge in [0.25, 0.3) is 5.91 Å². The highest BCUT2D eigenvalue weighted by atomic mass is 79.9. The minimum atomic E-state index is -0.160. The van der Waals surface area contributed by atoms with Crippen LogP contribution in [0.3, 0.4) is 0 Å². The number of carbonyl (C=O) groups excluding carboxylic acids is 1. The molecule has 0 heterocycles. The van der Waals surface area contributed by atoms with Crippen molar-refractivity contribution in [3.8, 4) is 0 Å². The summed E-state index contributed by atoms with van der Waals surface area (Å²) in [4.78, 5) is 11.9. The Hall–Kier alpha value is -1.16. The molecule has 1 aromatic rings. The van der Waals surface area contributed by atoms with Crippen molar-refractivity contribution >= 4 is 28.1 Å². The summed E-state index contributed by atoms with van der Waals surface area (Å²) in [5.74, 6) is 2.11. The number of hydrazone groups is 1. The third-order valence-electron chi connectivity index (χ3n) is 4.34. The van der Waals surface area contributed by atoms with E-state index < -0.39 is 0 Å². The fraction of sp³-hybridized carbons (Fsp3) is 0.467. The number of halogens is 1. The Kier molecular flexibility index (Phi) is 3.69. The zero-order chi connectivity index (χ0) is 13.2. The van der Waals surface area contributed by atoms with Gasteiger partial charge in [-0.05, 0) is 65.1 Å². The number of rotatable bonds is 3. The van der Waals surface area contributed by atoms with Crippen LogP contribution in [0.15, 0.2) is 33.8 Å². The van der Waals surface area contributed by atoms with Gasteiger partial charge >= 0.3 is 0 Å². The summed E-state index contributed by atoms with van der Waals surface area (Å²) in [5, 5.41) is 4.14. The van der Waals surface area contributed by atoms with E-state index in [1.54, 1.807) is 6.07 Å². The number of amides is 1. The highest BCUT2D eigenvalue weighted by Crippen LogP contribution is 2.47. The van der Waals surface area contributed by atoms with Crippen LogP contribution < -0.4 is 5.43 Å². The number of nitrogens with zero attached hydrogens (tertiary/aromatic N) is 1. The summed E-state index contributed by atoms with van der Waals surface area (Å²) in [6.45, 7) is 0. The molecule has 1 aromatic carbocycles. The summed E-state index contributed by atoms with van der Waals surface area (Å²) in [6.07, 6.45) is 7.27. The van der Waals surface area contributed by atoms with Crippen LogP contribution in [-0.2, 0) is 0 Å². The lowest BCUT2D eigenvalue weighted by atomic mass is 9.90. The van der Waals surface area contributed by atoms with Crippen LogP contribution in [0.5, 0.6) is 0 Å². The third kappa shape index (κ3) is 2.73. The van der Waals surface area contributed by atoms with Gasteiger partial charge in [-0.25, -0.2) is 5.43 Å². The van der Waals surface area contributed by atoms with Crippen LogP contribution >= 0.6 is 15.9 Å². The summed E-state index contributed by atoms with van der Waals surface area (Å²) in [5.41, 5.74) is 3.24. The van der Waals surface area contributed by atoms with Gasteiger partial charge in [0.05, 0.1) is 5.56 Å². The summed E-state index contributed by atoms with van der Waals surface area (Å²) < 4.78 is 0.794. The zero-order valence-electron chi connectivity index (χ0n) is 10.7. The number of fused-ring (bicyclic) bond motifs is 2. The molecule has 3 nitrogen and oxygen atoms in total. The van der Waals surface area contributed by atoms with Gasteiger partial charge in [0.15, 0.2) is 0 Å². The van der Waals surface area contributed by atoms with Gasteiger partial charge in [-0.15, -0.1) is 0 Å². The molecule has 0 aromatic heterocycles. The lowest BCUT2D eigenvalue weighted by Crippen LogP contribution is -2.20. The molecule has 3 atom stereocenters. The van der Waals surface area contributed by atoms with E-state index in [-0.39, 0.29) is 5.91 Å². The predicted octanol–water partition coefficient (Wildman–Crippen LogP) is 3.60. The molecule has 100 valence electrons. The average molecular weight is 321 g/mol. The molecule has 1 amide bonds. The van der Waals surface area contributed by atoms with Crippen LogP contribution in [0.2, 0.25) is 0 Å². The molecule has 0 unspecified atom stereocenters. The Labute approximate surface area is 121 Å². The number of hydrogen-bond donors (Lipinski definition) is 1. The average Bonchev–Trinajstić information content (AvgIpc) is 3.01. The van der Waals surface area contributed by atoms with Gasteiger partial charge in [-0.1, -0.05) is 18.6 Å². The molecule has 2 aliphatic carbocycles. The molecule has 1 N–H and O–H groups in total.